The first-order chi connectivity index (χ1) is 12.2. The number of ketones is 1. The number of carbonyl (C=O) groups is 1. The molecule has 4 nitrogen and oxygen atoms in total. The predicted molar refractivity (Wildman–Crippen MR) is 93.1 cm³/mol. The van der Waals surface area contributed by atoms with Gasteiger partial charge in [0.25, 0.3) is 0 Å². The van der Waals surface area contributed by atoms with Gasteiger partial charge in [-0.15, -0.1) is 0 Å². The van der Waals surface area contributed by atoms with E-state index in [2.05, 4.69) is 6.07 Å². The van der Waals surface area contributed by atoms with Gasteiger partial charge < -0.3 is 9.47 Å². The number of hydrogen-bond donors (Lipinski definition) is 0. The Kier molecular flexibility index (Phi) is 3.93. The largest absolute Gasteiger partial charge is 0.492 e. The van der Waals surface area contributed by atoms with Crippen LogP contribution in [0.2, 0.25) is 0 Å². The van der Waals surface area contributed by atoms with Gasteiger partial charge in [-0.05, 0) is 61.6 Å². The second-order valence-corrected chi connectivity index (χ2v) is 6.61. The third kappa shape index (κ3) is 2.76. The maximum Gasteiger partial charge on any atom is 0.170 e. The van der Waals surface area contributed by atoms with E-state index in [1.54, 1.807) is 0 Å². The van der Waals surface area contributed by atoms with Crippen LogP contribution in [0, 0.1) is 18.3 Å². The molecule has 1 aliphatic carbocycles. The number of rotatable bonds is 2. The van der Waals surface area contributed by atoms with Crippen molar-refractivity contribution < 1.29 is 14.3 Å². The fraction of sp³-hybridized carbons (Fsp3) is 0.333. The van der Waals surface area contributed by atoms with Crippen molar-refractivity contribution in [2.75, 3.05) is 6.61 Å². The summed E-state index contributed by atoms with van der Waals surface area (Å²) in [7, 11) is 0. The zero-order valence-corrected chi connectivity index (χ0v) is 14.2. The summed E-state index contributed by atoms with van der Waals surface area (Å²) in [5, 5.41) is 9.09. The summed E-state index contributed by atoms with van der Waals surface area (Å²) in [6.07, 6.45) is 3.35. The highest BCUT2D eigenvalue weighted by Gasteiger charge is 2.26. The van der Waals surface area contributed by atoms with E-state index < -0.39 is 0 Å². The van der Waals surface area contributed by atoms with Crippen LogP contribution in [0.25, 0.3) is 0 Å². The topological polar surface area (TPSA) is 59.3 Å². The van der Waals surface area contributed by atoms with Crippen LogP contribution in [0.15, 0.2) is 30.3 Å². The minimum atomic E-state index is -0.0347. The minimum absolute atomic E-state index is 0.0347. The highest BCUT2D eigenvalue weighted by Crippen LogP contribution is 2.39. The molecule has 126 valence electrons. The van der Waals surface area contributed by atoms with Gasteiger partial charge in [0.05, 0.1) is 23.8 Å². The number of nitrogens with zero attached hydrogens (tertiary/aromatic N) is 1. The maximum absolute atomic E-state index is 12.0. The van der Waals surface area contributed by atoms with E-state index in [9.17, 15) is 4.79 Å². The van der Waals surface area contributed by atoms with Gasteiger partial charge in [-0.1, -0.05) is 6.07 Å². The quantitative estimate of drug-likeness (QED) is 0.822. The summed E-state index contributed by atoms with van der Waals surface area (Å²) in [4.78, 5) is 12.0. The number of hydrogen-bond acceptors (Lipinski definition) is 4. The average molecular weight is 333 g/mol. The van der Waals surface area contributed by atoms with Crippen LogP contribution in [0.3, 0.4) is 0 Å². The van der Waals surface area contributed by atoms with E-state index in [0.29, 0.717) is 29.9 Å². The molecule has 2 aromatic rings. The molecule has 0 fully saturated rings. The molecule has 0 saturated heterocycles. The van der Waals surface area contributed by atoms with Crippen molar-refractivity contribution in [1.82, 2.24) is 0 Å². The number of ether oxygens (including phenoxy) is 2. The lowest BCUT2D eigenvalue weighted by Gasteiger charge is -2.28. The van der Waals surface area contributed by atoms with Gasteiger partial charge in [-0.2, -0.15) is 5.26 Å². The van der Waals surface area contributed by atoms with Crippen LogP contribution in [0.1, 0.15) is 58.0 Å². The summed E-state index contributed by atoms with van der Waals surface area (Å²) >= 11 is 0. The van der Waals surface area contributed by atoms with E-state index in [1.807, 2.05) is 37.3 Å². The molecule has 4 rings (SSSR count). The van der Waals surface area contributed by atoms with Crippen molar-refractivity contribution in [2.24, 2.45) is 0 Å². The van der Waals surface area contributed by atoms with Crippen molar-refractivity contribution >= 4 is 5.78 Å². The molecule has 1 aliphatic heterocycles. The van der Waals surface area contributed by atoms with Crippen LogP contribution in [-0.2, 0) is 6.42 Å². The molecule has 0 aromatic heterocycles. The summed E-state index contributed by atoms with van der Waals surface area (Å²) < 4.78 is 12.0. The van der Waals surface area contributed by atoms with Gasteiger partial charge in [-0.25, -0.2) is 0 Å². The van der Waals surface area contributed by atoms with E-state index in [1.165, 1.54) is 5.56 Å². The molecule has 0 unspecified atom stereocenters. The molecule has 2 aliphatic rings. The third-order valence-corrected chi connectivity index (χ3v) is 5.03. The Morgan fingerprint density at radius 1 is 1.24 bits per heavy atom. The summed E-state index contributed by atoms with van der Waals surface area (Å²) in [6, 6.07) is 11.7. The zero-order valence-electron chi connectivity index (χ0n) is 14.2. The zero-order chi connectivity index (χ0) is 17.4. The summed E-state index contributed by atoms with van der Waals surface area (Å²) in [5.41, 5.74) is 4.57. The lowest BCUT2D eigenvalue weighted by atomic mass is 9.88. The molecule has 4 heteroatoms. The fourth-order valence-electron chi connectivity index (χ4n) is 3.70. The molecule has 0 spiro atoms. The smallest absolute Gasteiger partial charge is 0.170 e. The van der Waals surface area contributed by atoms with Gasteiger partial charge in [0.15, 0.2) is 5.78 Å². The molecule has 0 N–H and O–H groups in total. The molecule has 1 atom stereocenters. The average Bonchev–Trinajstić information content (AvgIpc) is 2.64. The summed E-state index contributed by atoms with van der Waals surface area (Å²) in [6.45, 7) is 2.37. The predicted octanol–water partition coefficient (Wildman–Crippen LogP) is 4.29. The van der Waals surface area contributed by atoms with E-state index in [0.717, 1.165) is 36.1 Å². The Balaban J connectivity index is 1.66. The maximum atomic E-state index is 12.0. The Morgan fingerprint density at radius 3 is 2.96 bits per heavy atom. The van der Waals surface area contributed by atoms with Crippen molar-refractivity contribution in [2.45, 2.75) is 38.7 Å². The van der Waals surface area contributed by atoms with E-state index in [-0.39, 0.29) is 11.9 Å². The molecular formula is C21H19NO3. The SMILES string of the molecule is Cc1c(O[C@H]2CCCc3cc(C#N)ccc32)ccc2c1OCCC2=O. The lowest BCUT2D eigenvalue weighted by Crippen LogP contribution is -2.18. The second kappa shape index (κ2) is 6.25. The third-order valence-electron chi connectivity index (χ3n) is 5.03. The van der Waals surface area contributed by atoms with Crippen LogP contribution in [0.4, 0.5) is 0 Å². The number of Topliss-reactive ketones (excluding diaryl/α,β-unsaturated/α-hetero) is 1. The molecule has 0 saturated carbocycles. The molecule has 0 bridgehead atoms. The molecule has 2 aromatic carbocycles. The monoisotopic (exact) mass is 333 g/mol. The van der Waals surface area contributed by atoms with Crippen LogP contribution in [0.5, 0.6) is 11.5 Å². The Morgan fingerprint density at radius 2 is 2.12 bits per heavy atom. The fourth-order valence-corrected chi connectivity index (χ4v) is 3.70. The van der Waals surface area contributed by atoms with Gasteiger partial charge in [0.1, 0.15) is 17.6 Å². The number of fused-ring (bicyclic) bond motifs is 2. The van der Waals surface area contributed by atoms with Gasteiger partial charge in [-0.3, -0.25) is 4.79 Å². The van der Waals surface area contributed by atoms with Crippen molar-refractivity contribution in [1.29, 1.82) is 5.26 Å². The number of nitriles is 1. The Labute approximate surface area is 147 Å². The van der Waals surface area contributed by atoms with Crippen molar-refractivity contribution in [3.8, 4) is 17.6 Å². The standard InChI is InChI=1S/C21H19NO3/c1-13-19(8-7-17-18(23)9-10-24-21(13)17)25-20-4-2-3-15-11-14(12-22)5-6-16(15)20/h5-8,11,20H,2-4,9-10H2,1H3/t20-/m0/s1. The van der Waals surface area contributed by atoms with Crippen molar-refractivity contribution in [3.63, 3.8) is 0 Å². The first-order valence-electron chi connectivity index (χ1n) is 8.66. The van der Waals surface area contributed by atoms with Crippen LogP contribution < -0.4 is 9.47 Å². The van der Waals surface area contributed by atoms with Crippen LogP contribution in [-0.4, -0.2) is 12.4 Å². The number of benzene rings is 2. The second-order valence-electron chi connectivity index (χ2n) is 6.61. The van der Waals surface area contributed by atoms with E-state index >= 15 is 0 Å². The number of aryl methyl sites for hydroxylation is 1. The van der Waals surface area contributed by atoms with Gasteiger partial charge >= 0.3 is 0 Å². The Hall–Kier alpha value is -2.80. The Bertz CT molecular complexity index is 895. The first-order valence-corrected chi connectivity index (χ1v) is 8.66. The molecule has 0 amide bonds. The summed E-state index contributed by atoms with van der Waals surface area (Å²) in [5.74, 6) is 1.54. The lowest BCUT2D eigenvalue weighted by molar-refractivity contribution is 0.0932. The molecule has 1 heterocycles. The molecule has 0 radical (unpaired) electrons. The number of carbonyl (C=O) groups excluding carboxylic acids is 1. The van der Waals surface area contributed by atoms with Gasteiger partial charge in [0.2, 0.25) is 0 Å². The van der Waals surface area contributed by atoms with E-state index in [4.69, 9.17) is 14.7 Å². The highest BCUT2D eigenvalue weighted by molar-refractivity contribution is 6.00. The molecule has 25 heavy (non-hydrogen) atoms. The normalized spacial score (nSPS) is 18.6. The first kappa shape index (κ1) is 15.7. The van der Waals surface area contributed by atoms with Crippen LogP contribution >= 0.6 is 0 Å². The van der Waals surface area contributed by atoms with Crippen molar-refractivity contribution in [3.05, 3.63) is 58.1 Å². The molecular weight excluding hydrogens is 314 g/mol. The highest BCUT2D eigenvalue weighted by atomic mass is 16.5. The minimum Gasteiger partial charge on any atom is -0.492 e. The van der Waals surface area contributed by atoms with Gasteiger partial charge in [0, 0.05) is 12.0 Å².